The van der Waals surface area contributed by atoms with Crippen LogP contribution in [0.2, 0.25) is 0 Å². The molecule has 1 N–H and O–H groups in total. The molecule has 1 aromatic heterocycles. The molecule has 1 fully saturated rings. The minimum absolute atomic E-state index is 0.300. The van der Waals surface area contributed by atoms with E-state index < -0.39 is 9.84 Å². The Bertz CT molecular complexity index is 805. The third-order valence-electron chi connectivity index (χ3n) is 4.86. The van der Waals surface area contributed by atoms with Crippen molar-refractivity contribution in [3.63, 3.8) is 0 Å². The summed E-state index contributed by atoms with van der Waals surface area (Å²) in [5.74, 6) is 2.08. The zero-order chi connectivity index (χ0) is 16.4. The van der Waals surface area contributed by atoms with Gasteiger partial charge in [0.15, 0.2) is 9.84 Å². The van der Waals surface area contributed by atoms with Gasteiger partial charge < -0.3 is 5.32 Å². The van der Waals surface area contributed by atoms with E-state index in [1.807, 2.05) is 0 Å². The van der Waals surface area contributed by atoms with E-state index in [1.54, 1.807) is 18.2 Å². The zero-order valence-electron chi connectivity index (χ0n) is 13.6. The molecule has 0 radical (unpaired) electrons. The summed E-state index contributed by atoms with van der Waals surface area (Å²) in [6, 6.07) is 5.00. The molecule has 1 aliphatic rings. The van der Waals surface area contributed by atoms with E-state index in [0.717, 1.165) is 29.2 Å². The highest BCUT2D eigenvalue weighted by Gasteiger charge is 2.21. The Kier molecular flexibility index (Phi) is 4.53. The number of hydrogen-bond acceptors (Lipinski definition) is 5. The summed E-state index contributed by atoms with van der Waals surface area (Å²) >= 11 is 0. The second-order valence-corrected chi connectivity index (χ2v) is 8.59. The summed E-state index contributed by atoms with van der Waals surface area (Å²) in [6.45, 7) is 3.18. The maximum atomic E-state index is 11.8. The van der Waals surface area contributed by atoms with Crippen LogP contribution in [0.4, 0.5) is 5.82 Å². The largest absolute Gasteiger partial charge is 0.369 e. The summed E-state index contributed by atoms with van der Waals surface area (Å²) < 4.78 is 23.5. The Morgan fingerprint density at radius 3 is 2.74 bits per heavy atom. The lowest BCUT2D eigenvalue weighted by Gasteiger charge is -2.29. The number of nitrogens with one attached hydrogen (secondary N) is 1. The molecule has 6 heteroatoms. The summed E-state index contributed by atoms with van der Waals surface area (Å²) in [5.41, 5.74) is 0.756. The van der Waals surface area contributed by atoms with Crippen molar-refractivity contribution in [2.45, 2.75) is 37.5 Å². The van der Waals surface area contributed by atoms with Crippen molar-refractivity contribution in [2.75, 3.05) is 18.1 Å². The molecule has 1 aliphatic carbocycles. The summed E-state index contributed by atoms with van der Waals surface area (Å²) in [4.78, 5) is 8.85. The molecule has 1 saturated carbocycles. The van der Waals surface area contributed by atoms with E-state index in [0.29, 0.717) is 10.8 Å². The Labute approximate surface area is 137 Å². The lowest BCUT2D eigenvalue weighted by atomic mass is 9.80. The van der Waals surface area contributed by atoms with Crippen LogP contribution in [0.3, 0.4) is 0 Å². The molecule has 0 saturated heterocycles. The third-order valence-corrected chi connectivity index (χ3v) is 5.97. The van der Waals surface area contributed by atoms with Crippen molar-refractivity contribution >= 4 is 26.6 Å². The fraction of sp³-hybridized carbons (Fsp3) is 0.529. The van der Waals surface area contributed by atoms with Gasteiger partial charge in [0.2, 0.25) is 0 Å². The number of nitrogens with zero attached hydrogens (tertiary/aromatic N) is 2. The fourth-order valence-corrected chi connectivity index (χ4v) is 3.98. The predicted octanol–water partition coefficient (Wildman–Crippen LogP) is 3.27. The number of hydrogen-bond donors (Lipinski definition) is 1. The van der Waals surface area contributed by atoms with Gasteiger partial charge in [-0.2, -0.15) is 0 Å². The van der Waals surface area contributed by atoms with Crippen molar-refractivity contribution in [1.82, 2.24) is 9.97 Å². The molecular weight excluding hydrogens is 310 g/mol. The van der Waals surface area contributed by atoms with Crippen LogP contribution in [-0.2, 0) is 9.84 Å². The minimum atomic E-state index is -3.24. The molecule has 2 aromatic rings. The quantitative estimate of drug-likeness (QED) is 0.929. The highest BCUT2D eigenvalue weighted by Crippen LogP contribution is 2.30. The van der Waals surface area contributed by atoms with Crippen molar-refractivity contribution in [3.8, 4) is 0 Å². The monoisotopic (exact) mass is 333 g/mol. The van der Waals surface area contributed by atoms with Crippen molar-refractivity contribution in [3.05, 3.63) is 24.5 Å². The normalized spacial score (nSPS) is 22.2. The minimum Gasteiger partial charge on any atom is -0.369 e. The van der Waals surface area contributed by atoms with Crippen molar-refractivity contribution < 1.29 is 8.42 Å². The first kappa shape index (κ1) is 16.2. The first-order valence-electron chi connectivity index (χ1n) is 8.14. The molecule has 23 heavy (non-hydrogen) atoms. The van der Waals surface area contributed by atoms with Crippen LogP contribution >= 0.6 is 0 Å². The second-order valence-electron chi connectivity index (χ2n) is 6.58. The van der Waals surface area contributed by atoms with E-state index in [-0.39, 0.29) is 0 Å². The molecule has 0 amide bonds. The lowest BCUT2D eigenvalue weighted by molar-refractivity contribution is 0.268. The average Bonchev–Trinajstić information content (AvgIpc) is 2.53. The van der Waals surface area contributed by atoms with Gasteiger partial charge in [0.05, 0.1) is 10.4 Å². The smallest absolute Gasteiger partial charge is 0.175 e. The average molecular weight is 333 g/mol. The second kappa shape index (κ2) is 6.43. The van der Waals surface area contributed by atoms with Crippen LogP contribution in [0.5, 0.6) is 0 Å². The van der Waals surface area contributed by atoms with Crippen LogP contribution in [0.1, 0.15) is 32.6 Å². The predicted molar refractivity (Wildman–Crippen MR) is 92.3 cm³/mol. The van der Waals surface area contributed by atoms with Crippen molar-refractivity contribution in [2.24, 2.45) is 11.8 Å². The SMILES string of the molecule is CC1CCCCC1CNc1ncnc2ccc(S(C)(=O)=O)cc12. The zero-order valence-corrected chi connectivity index (χ0v) is 14.4. The highest BCUT2D eigenvalue weighted by atomic mass is 32.2. The maximum Gasteiger partial charge on any atom is 0.175 e. The summed E-state index contributed by atoms with van der Waals surface area (Å²) in [6.07, 6.45) is 7.88. The molecule has 5 nitrogen and oxygen atoms in total. The van der Waals surface area contributed by atoms with E-state index in [4.69, 9.17) is 0 Å². The van der Waals surface area contributed by atoms with Crippen molar-refractivity contribution in [1.29, 1.82) is 0 Å². The van der Waals surface area contributed by atoms with E-state index in [2.05, 4.69) is 22.2 Å². The number of aromatic nitrogens is 2. The Morgan fingerprint density at radius 1 is 1.22 bits per heavy atom. The third kappa shape index (κ3) is 3.63. The van der Waals surface area contributed by atoms with Gasteiger partial charge in [0, 0.05) is 18.2 Å². The molecule has 1 aromatic carbocycles. The van der Waals surface area contributed by atoms with Gasteiger partial charge in [0.25, 0.3) is 0 Å². The van der Waals surface area contributed by atoms with Gasteiger partial charge >= 0.3 is 0 Å². The Hall–Kier alpha value is -1.69. The van der Waals surface area contributed by atoms with E-state index in [1.165, 1.54) is 38.3 Å². The molecule has 1 heterocycles. The number of benzene rings is 1. The van der Waals surface area contributed by atoms with Gasteiger partial charge in [-0.25, -0.2) is 18.4 Å². The summed E-state index contributed by atoms with van der Waals surface area (Å²) in [7, 11) is -3.24. The highest BCUT2D eigenvalue weighted by molar-refractivity contribution is 7.90. The number of anilines is 1. The first-order valence-corrected chi connectivity index (χ1v) is 10.0. The first-order chi connectivity index (χ1) is 10.9. The molecule has 2 atom stereocenters. The van der Waals surface area contributed by atoms with Gasteiger partial charge in [-0.3, -0.25) is 0 Å². The molecule has 0 aliphatic heterocycles. The molecule has 3 rings (SSSR count). The molecular formula is C17H23N3O2S. The molecule has 2 unspecified atom stereocenters. The Morgan fingerprint density at radius 2 is 2.00 bits per heavy atom. The standard InChI is InChI=1S/C17H23N3O2S/c1-12-5-3-4-6-13(12)10-18-17-15-9-14(23(2,21)22)7-8-16(15)19-11-20-17/h7-9,11-13H,3-6,10H2,1-2H3,(H,18,19,20). The molecule has 0 spiro atoms. The number of sulfone groups is 1. The van der Waals surface area contributed by atoms with E-state index in [9.17, 15) is 8.42 Å². The van der Waals surface area contributed by atoms with Crippen LogP contribution in [0.15, 0.2) is 29.4 Å². The van der Waals surface area contributed by atoms with Gasteiger partial charge in [-0.15, -0.1) is 0 Å². The van der Waals surface area contributed by atoms with Crippen LogP contribution in [-0.4, -0.2) is 31.2 Å². The Balaban J connectivity index is 1.87. The molecule has 0 bridgehead atoms. The fourth-order valence-electron chi connectivity index (χ4n) is 3.33. The summed E-state index contributed by atoms with van der Waals surface area (Å²) in [5, 5.41) is 4.18. The van der Waals surface area contributed by atoms with Crippen LogP contribution in [0, 0.1) is 11.8 Å². The number of rotatable bonds is 4. The molecule has 124 valence electrons. The maximum absolute atomic E-state index is 11.8. The van der Waals surface area contributed by atoms with Gasteiger partial charge in [0.1, 0.15) is 12.1 Å². The van der Waals surface area contributed by atoms with Crippen LogP contribution in [0.25, 0.3) is 10.9 Å². The topological polar surface area (TPSA) is 72.0 Å². The van der Waals surface area contributed by atoms with Gasteiger partial charge in [-0.05, 0) is 36.5 Å². The van der Waals surface area contributed by atoms with Gasteiger partial charge in [-0.1, -0.05) is 26.2 Å². The number of fused-ring (bicyclic) bond motifs is 1. The van der Waals surface area contributed by atoms with E-state index >= 15 is 0 Å². The van der Waals surface area contributed by atoms with Crippen LogP contribution < -0.4 is 5.32 Å². The lowest BCUT2D eigenvalue weighted by Crippen LogP contribution is -2.24.